The number of carboxylic acid groups (broad SMARTS) is 1. The van der Waals surface area contributed by atoms with Crippen LogP contribution < -0.4 is 0 Å². The molecule has 2 rings (SSSR count). The molecule has 108 valence electrons. The Morgan fingerprint density at radius 3 is 2.60 bits per heavy atom. The van der Waals surface area contributed by atoms with Crippen molar-refractivity contribution >= 4 is 16.9 Å². The van der Waals surface area contributed by atoms with Gasteiger partial charge in [-0.05, 0) is 24.5 Å². The second kappa shape index (κ2) is 7.10. The van der Waals surface area contributed by atoms with Crippen LogP contribution in [0.25, 0.3) is 10.9 Å². The highest BCUT2D eigenvalue weighted by atomic mass is 16.4. The van der Waals surface area contributed by atoms with E-state index >= 15 is 0 Å². The Balaban J connectivity index is 2.10. The molecular weight excluding hydrogens is 254 g/mol. The van der Waals surface area contributed by atoms with Gasteiger partial charge < -0.3 is 14.8 Å². The summed E-state index contributed by atoms with van der Waals surface area (Å²) in [5, 5.41) is 18.8. The second-order valence-electron chi connectivity index (χ2n) is 5.07. The molecular formula is C16H21NO3. The average Bonchev–Trinajstić information content (AvgIpc) is 2.77. The quantitative estimate of drug-likeness (QED) is 0.728. The van der Waals surface area contributed by atoms with Crippen LogP contribution in [0.2, 0.25) is 0 Å². The Labute approximate surface area is 118 Å². The number of fused-ring (bicyclic) bond motifs is 1. The fraction of sp³-hybridized carbons (Fsp3) is 0.438. The number of aliphatic carboxylic acids is 1. The summed E-state index contributed by atoms with van der Waals surface area (Å²) in [5.74, 6) is -0.796. The van der Waals surface area contributed by atoms with Gasteiger partial charge in [-0.2, -0.15) is 0 Å². The number of aliphatic hydroxyl groups is 1. The van der Waals surface area contributed by atoms with Gasteiger partial charge in [0.25, 0.3) is 0 Å². The highest BCUT2D eigenvalue weighted by Crippen LogP contribution is 2.22. The Morgan fingerprint density at radius 1 is 1.10 bits per heavy atom. The number of hydrogen-bond acceptors (Lipinski definition) is 2. The maximum absolute atomic E-state index is 10.9. The molecule has 2 aromatic rings. The molecule has 0 atom stereocenters. The molecule has 0 spiro atoms. The summed E-state index contributed by atoms with van der Waals surface area (Å²) in [7, 11) is 0. The molecule has 1 aromatic carbocycles. The van der Waals surface area contributed by atoms with Crippen LogP contribution in [-0.2, 0) is 17.8 Å². The van der Waals surface area contributed by atoms with Crippen LogP contribution in [0.4, 0.5) is 0 Å². The Kier molecular flexibility index (Phi) is 5.18. The first-order valence-corrected chi connectivity index (χ1v) is 7.12. The maximum atomic E-state index is 10.9. The van der Waals surface area contributed by atoms with E-state index in [1.54, 1.807) is 0 Å². The summed E-state index contributed by atoms with van der Waals surface area (Å²) in [6.07, 6.45) is 6.06. The van der Waals surface area contributed by atoms with E-state index in [1.165, 1.54) is 0 Å². The summed E-state index contributed by atoms with van der Waals surface area (Å²) in [4.78, 5) is 10.9. The molecule has 1 heterocycles. The summed E-state index contributed by atoms with van der Waals surface area (Å²) in [6.45, 7) is 1.15. The van der Waals surface area contributed by atoms with E-state index in [1.807, 2.05) is 30.5 Å². The van der Waals surface area contributed by atoms with Crippen molar-refractivity contribution in [3.63, 3.8) is 0 Å². The fourth-order valence-electron chi connectivity index (χ4n) is 2.56. The van der Waals surface area contributed by atoms with E-state index in [-0.39, 0.29) is 13.0 Å². The zero-order chi connectivity index (χ0) is 14.4. The molecule has 0 unspecified atom stereocenters. The summed E-state index contributed by atoms with van der Waals surface area (Å²) >= 11 is 0. The standard InChI is InChI=1S/C16H21NO3/c18-10-6-2-1-5-9-17-12-13(11-16(19)20)14-7-3-4-8-15(14)17/h3-4,7-8,12,18H,1-2,5-6,9-11H2,(H,19,20). The molecule has 0 saturated heterocycles. The first-order chi connectivity index (χ1) is 9.72. The Hall–Kier alpha value is -1.81. The third kappa shape index (κ3) is 3.61. The topological polar surface area (TPSA) is 62.5 Å². The van der Waals surface area contributed by atoms with E-state index < -0.39 is 5.97 Å². The lowest BCUT2D eigenvalue weighted by molar-refractivity contribution is -0.136. The lowest BCUT2D eigenvalue weighted by Crippen LogP contribution is -1.99. The molecule has 4 nitrogen and oxygen atoms in total. The molecule has 2 N–H and O–H groups in total. The van der Waals surface area contributed by atoms with Gasteiger partial charge in [-0.25, -0.2) is 0 Å². The number of rotatable bonds is 8. The van der Waals surface area contributed by atoms with Gasteiger partial charge in [0.15, 0.2) is 0 Å². The summed E-state index contributed by atoms with van der Waals surface area (Å²) in [5.41, 5.74) is 1.98. The van der Waals surface area contributed by atoms with Crippen LogP contribution >= 0.6 is 0 Å². The third-order valence-corrected chi connectivity index (χ3v) is 3.52. The van der Waals surface area contributed by atoms with Crippen molar-refractivity contribution in [2.75, 3.05) is 6.61 Å². The SMILES string of the molecule is O=C(O)Cc1cn(CCCCCCO)c2ccccc12. The number of aryl methyl sites for hydroxylation is 1. The van der Waals surface area contributed by atoms with Crippen molar-refractivity contribution in [2.45, 2.75) is 38.6 Å². The lowest BCUT2D eigenvalue weighted by atomic mass is 10.1. The number of unbranched alkanes of at least 4 members (excludes halogenated alkanes) is 3. The predicted octanol–water partition coefficient (Wildman–Crippen LogP) is 2.82. The van der Waals surface area contributed by atoms with Crippen molar-refractivity contribution in [2.24, 2.45) is 0 Å². The highest BCUT2D eigenvalue weighted by Gasteiger charge is 2.10. The predicted molar refractivity (Wildman–Crippen MR) is 78.8 cm³/mol. The van der Waals surface area contributed by atoms with Crippen LogP contribution in [0.3, 0.4) is 0 Å². The van der Waals surface area contributed by atoms with Crippen LogP contribution in [0.5, 0.6) is 0 Å². The van der Waals surface area contributed by atoms with E-state index in [2.05, 4.69) is 4.57 Å². The normalized spacial score (nSPS) is 11.1. The molecule has 0 aliphatic carbocycles. The molecule has 0 radical (unpaired) electrons. The van der Waals surface area contributed by atoms with Crippen LogP contribution in [0.15, 0.2) is 30.5 Å². The van der Waals surface area contributed by atoms with Crippen LogP contribution in [0, 0.1) is 0 Å². The minimum absolute atomic E-state index is 0.0675. The number of benzene rings is 1. The van der Waals surface area contributed by atoms with E-state index in [4.69, 9.17) is 10.2 Å². The average molecular weight is 275 g/mol. The molecule has 20 heavy (non-hydrogen) atoms. The molecule has 0 aliphatic rings. The van der Waals surface area contributed by atoms with Gasteiger partial charge >= 0.3 is 5.97 Å². The van der Waals surface area contributed by atoms with E-state index in [0.717, 1.165) is 48.7 Å². The Bertz CT molecular complexity index is 574. The van der Waals surface area contributed by atoms with Crippen molar-refractivity contribution in [3.05, 3.63) is 36.0 Å². The number of para-hydroxylation sites is 1. The van der Waals surface area contributed by atoms with Crippen molar-refractivity contribution < 1.29 is 15.0 Å². The summed E-state index contributed by atoms with van der Waals surface area (Å²) < 4.78 is 2.15. The van der Waals surface area contributed by atoms with Gasteiger partial charge in [0.1, 0.15) is 0 Å². The van der Waals surface area contributed by atoms with Gasteiger partial charge in [-0.3, -0.25) is 4.79 Å². The number of carbonyl (C=O) groups is 1. The smallest absolute Gasteiger partial charge is 0.307 e. The molecule has 0 saturated carbocycles. The number of hydrogen-bond donors (Lipinski definition) is 2. The fourth-order valence-corrected chi connectivity index (χ4v) is 2.56. The largest absolute Gasteiger partial charge is 0.481 e. The molecule has 4 heteroatoms. The number of aromatic nitrogens is 1. The minimum Gasteiger partial charge on any atom is -0.481 e. The van der Waals surface area contributed by atoms with E-state index in [0.29, 0.717) is 0 Å². The highest BCUT2D eigenvalue weighted by molar-refractivity contribution is 5.87. The van der Waals surface area contributed by atoms with E-state index in [9.17, 15) is 4.79 Å². The molecule has 0 amide bonds. The zero-order valence-electron chi connectivity index (χ0n) is 11.6. The van der Waals surface area contributed by atoms with Crippen molar-refractivity contribution in [1.82, 2.24) is 4.57 Å². The molecule has 1 aromatic heterocycles. The molecule has 0 aliphatic heterocycles. The number of aliphatic hydroxyl groups excluding tert-OH is 1. The number of nitrogens with zero attached hydrogens (tertiary/aromatic N) is 1. The van der Waals surface area contributed by atoms with Gasteiger partial charge in [0.05, 0.1) is 6.42 Å². The lowest BCUT2D eigenvalue weighted by Gasteiger charge is -2.04. The monoisotopic (exact) mass is 275 g/mol. The maximum Gasteiger partial charge on any atom is 0.307 e. The zero-order valence-corrected chi connectivity index (χ0v) is 11.6. The van der Waals surface area contributed by atoms with Gasteiger partial charge in [0.2, 0.25) is 0 Å². The van der Waals surface area contributed by atoms with Gasteiger partial charge in [-0.1, -0.05) is 31.0 Å². The number of carboxylic acids is 1. The molecule has 0 fully saturated rings. The first kappa shape index (κ1) is 14.6. The first-order valence-electron chi connectivity index (χ1n) is 7.12. The van der Waals surface area contributed by atoms with Gasteiger partial charge in [0, 0.05) is 30.3 Å². The minimum atomic E-state index is -0.796. The Morgan fingerprint density at radius 2 is 1.85 bits per heavy atom. The second-order valence-corrected chi connectivity index (χ2v) is 5.07. The third-order valence-electron chi connectivity index (χ3n) is 3.52. The van der Waals surface area contributed by atoms with Crippen molar-refractivity contribution in [1.29, 1.82) is 0 Å². The van der Waals surface area contributed by atoms with Crippen LogP contribution in [0.1, 0.15) is 31.2 Å². The summed E-state index contributed by atoms with van der Waals surface area (Å²) in [6, 6.07) is 7.94. The molecule has 0 bridgehead atoms. The van der Waals surface area contributed by atoms with Crippen molar-refractivity contribution in [3.8, 4) is 0 Å². The van der Waals surface area contributed by atoms with Crippen LogP contribution in [-0.4, -0.2) is 27.4 Å². The van der Waals surface area contributed by atoms with Gasteiger partial charge in [-0.15, -0.1) is 0 Å².